The maximum Gasteiger partial charge on any atom is 0.416 e. The molecule has 0 fully saturated rings. The highest BCUT2D eigenvalue weighted by atomic mass is 19.4. The van der Waals surface area contributed by atoms with E-state index in [1.807, 2.05) is 0 Å². The Hall–Kier alpha value is -1.60. The maximum absolute atomic E-state index is 12.6. The van der Waals surface area contributed by atoms with Gasteiger partial charge in [0.15, 0.2) is 0 Å². The number of oxime groups is 1. The summed E-state index contributed by atoms with van der Waals surface area (Å²) in [6.07, 6.45) is -2.21. The van der Waals surface area contributed by atoms with Crippen LogP contribution in [0.1, 0.15) is 30.4 Å². The normalized spacial score (nSPS) is 12.5. The van der Waals surface area contributed by atoms with Gasteiger partial charge in [-0.1, -0.05) is 17.3 Å². The second-order valence-electron chi connectivity index (χ2n) is 4.62. The summed E-state index contributed by atoms with van der Waals surface area (Å²) in [5, 5.41) is 12.6. The van der Waals surface area contributed by atoms with Gasteiger partial charge in [0.25, 0.3) is 0 Å². The first-order valence-corrected chi connectivity index (χ1v) is 6.95. The van der Waals surface area contributed by atoms with Crippen LogP contribution in [-0.2, 0) is 15.8 Å². The van der Waals surface area contributed by atoms with Crippen LogP contribution in [0.2, 0.25) is 0 Å². The minimum Gasteiger partial charge on any atom is -0.393 e. The van der Waals surface area contributed by atoms with Gasteiger partial charge in [-0.25, -0.2) is 0 Å². The zero-order valence-electron chi connectivity index (χ0n) is 12.4. The largest absolute Gasteiger partial charge is 0.416 e. The third kappa shape index (κ3) is 6.44. The van der Waals surface area contributed by atoms with Crippen LogP contribution < -0.4 is 0 Å². The summed E-state index contributed by atoms with van der Waals surface area (Å²) in [5.41, 5.74) is 0.424. The van der Waals surface area contributed by atoms with Crippen molar-refractivity contribution in [3.8, 4) is 0 Å². The number of hydrogen-bond acceptors (Lipinski definition) is 4. The molecule has 0 bridgehead atoms. The van der Waals surface area contributed by atoms with E-state index < -0.39 is 11.7 Å². The lowest BCUT2D eigenvalue weighted by Gasteiger charge is -2.10. The second-order valence-corrected chi connectivity index (χ2v) is 4.62. The standard InChI is InChI=1S/C15H20F3NO3/c1-21-10-3-2-4-14(19-22-11-9-20)12-5-7-13(8-6-12)15(16,17)18/h5-8,20H,2-4,9-11H2,1H3/b19-14+. The number of alkyl halides is 3. The van der Waals surface area contributed by atoms with E-state index in [4.69, 9.17) is 14.7 Å². The number of methoxy groups -OCH3 is 1. The van der Waals surface area contributed by atoms with Crippen LogP contribution in [0, 0.1) is 0 Å². The van der Waals surface area contributed by atoms with Crippen molar-refractivity contribution in [3.63, 3.8) is 0 Å². The van der Waals surface area contributed by atoms with E-state index in [0.29, 0.717) is 24.3 Å². The Labute approximate surface area is 127 Å². The predicted molar refractivity (Wildman–Crippen MR) is 76.7 cm³/mol. The fraction of sp³-hybridized carbons (Fsp3) is 0.533. The molecule has 0 radical (unpaired) electrons. The monoisotopic (exact) mass is 319 g/mol. The van der Waals surface area contributed by atoms with Gasteiger partial charge in [0, 0.05) is 13.7 Å². The van der Waals surface area contributed by atoms with Gasteiger partial charge in [-0.15, -0.1) is 0 Å². The molecule has 1 aromatic carbocycles. The van der Waals surface area contributed by atoms with Crippen molar-refractivity contribution in [3.05, 3.63) is 35.4 Å². The fourth-order valence-corrected chi connectivity index (χ4v) is 1.80. The first kappa shape index (κ1) is 18.4. The summed E-state index contributed by atoms with van der Waals surface area (Å²) in [4.78, 5) is 4.94. The molecule has 0 aliphatic rings. The SMILES string of the molecule is COCCCC/C(=N\OCCO)c1ccc(C(F)(F)F)cc1. The molecule has 4 nitrogen and oxygen atoms in total. The van der Waals surface area contributed by atoms with Gasteiger partial charge in [0.2, 0.25) is 0 Å². The highest BCUT2D eigenvalue weighted by molar-refractivity contribution is 6.00. The first-order valence-electron chi connectivity index (χ1n) is 6.95. The van der Waals surface area contributed by atoms with Crippen molar-refractivity contribution in [1.82, 2.24) is 0 Å². The van der Waals surface area contributed by atoms with E-state index in [2.05, 4.69) is 5.16 Å². The molecule has 0 spiro atoms. The second kappa shape index (κ2) is 9.42. The van der Waals surface area contributed by atoms with Crippen LogP contribution in [0.15, 0.2) is 29.4 Å². The molecular weight excluding hydrogens is 299 g/mol. The predicted octanol–water partition coefficient (Wildman–Crippen LogP) is 3.24. The molecule has 0 saturated heterocycles. The first-order chi connectivity index (χ1) is 10.5. The van der Waals surface area contributed by atoms with E-state index in [9.17, 15) is 13.2 Å². The van der Waals surface area contributed by atoms with Crippen LogP contribution in [0.5, 0.6) is 0 Å². The number of rotatable bonds is 9. The van der Waals surface area contributed by atoms with Crippen LogP contribution >= 0.6 is 0 Å². The van der Waals surface area contributed by atoms with Crippen molar-refractivity contribution < 1.29 is 27.9 Å². The number of halogens is 3. The van der Waals surface area contributed by atoms with Crippen molar-refractivity contribution in [1.29, 1.82) is 0 Å². The molecule has 0 heterocycles. The number of benzene rings is 1. The Balaban J connectivity index is 2.78. The fourth-order valence-electron chi connectivity index (χ4n) is 1.80. The zero-order chi connectivity index (χ0) is 16.4. The Morgan fingerprint density at radius 3 is 2.36 bits per heavy atom. The Kier molecular flexibility index (Phi) is 7.90. The van der Waals surface area contributed by atoms with E-state index in [1.54, 1.807) is 7.11 Å². The molecule has 1 N–H and O–H groups in total. The van der Waals surface area contributed by atoms with Crippen LogP contribution in [0.25, 0.3) is 0 Å². The van der Waals surface area contributed by atoms with Gasteiger partial charge in [-0.05, 0) is 37.0 Å². The molecule has 124 valence electrons. The number of aliphatic hydroxyl groups is 1. The highest BCUT2D eigenvalue weighted by Crippen LogP contribution is 2.29. The molecule has 0 aliphatic carbocycles. The van der Waals surface area contributed by atoms with Crippen LogP contribution in [-0.4, -0.2) is 37.7 Å². The lowest BCUT2D eigenvalue weighted by molar-refractivity contribution is -0.137. The van der Waals surface area contributed by atoms with E-state index in [0.717, 1.165) is 25.0 Å². The number of unbranched alkanes of at least 4 members (excludes halogenated alkanes) is 1. The van der Waals surface area contributed by atoms with Crippen molar-refractivity contribution in [2.45, 2.75) is 25.4 Å². The molecule has 22 heavy (non-hydrogen) atoms. The number of nitrogens with zero attached hydrogens (tertiary/aromatic N) is 1. The van der Waals surface area contributed by atoms with E-state index in [-0.39, 0.29) is 13.2 Å². The molecule has 0 atom stereocenters. The van der Waals surface area contributed by atoms with E-state index in [1.165, 1.54) is 12.1 Å². The smallest absolute Gasteiger partial charge is 0.393 e. The van der Waals surface area contributed by atoms with Gasteiger partial charge in [0.1, 0.15) is 6.61 Å². The molecule has 1 rings (SSSR count). The molecule has 7 heteroatoms. The topological polar surface area (TPSA) is 51.0 Å². The summed E-state index contributed by atoms with van der Waals surface area (Å²) in [6, 6.07) is 4.79. The van der Waals surface area contributed by atoms with Gasteiger partial charge in [-0.3, -0.25) is 0 Å². The third-order valence-electron chi connectivity index (χ3n) is 2.91. The number of ether oxygens (including phenoxy) is 1. The molecule has 0 saturated carbocycles. The van der Waals surface area contributed by atoms with Crippen LogP contribution in [0.3, 0.4) is 0 Å². The quantitative estimate of drug-likeness (QED) is 0.432. The third-order valence-corrected chi connectivity index (χ3v) is 2.91. The zero-order valence-corrected chi connectivity index (χ0v) is 12.4. The number of hydrogen-bond donors (Lipinski definition) is 1. The van der Waals surface area contributed by atoms with Gasteiger partial charge >= 0.3 is 6.18 Å². The Morgan fingerprint density at radius 1 is 1.14 bits per heavy atom. The minimum absolute atomic E-state index is 0.0439. The van der Waals surface area contributed by atoms with Crippen molar-refractivity contribution in [2.75, 3.05) is 26.9 Å². The summed E-state index contributed by atoms with van der Waals surface area (Å²) in [6.45, 7) is 0.480. The maximum atomic E-state index is 12.6. The Bertz CT molecular complexity index is 458. The molecule has 0 aliphatic heterocycles. The van der Waals surface area contributed by atoms with Gasteiger partial charge in [0.05, 0.1) is 17.9 Å². The van der Waals surface area contributed by atoms with Crippen molar-refractivity contribution >= 4 is 5.71 Å². The van der Waals surface area contributed by atoms with E-state index >= 15 is 0 Å². The summed E-state index contributed by atoms with van der Waals surface area (Å²) in [7, 11) is 1.61. The summed E-state index contributed by atoms with van der Waals surface area (Å²) >= 11 is 0. The van der Waals surface area contributed by atoms with Gasteiger partial charge in [-0.2, -0.15) is 13.2 Å². The molecule has 1 aromatic rings. The van der Waals surface area contributed by atoms with Gasteiger partial charge < -0.3 is 14.7 Å². The highest BCUT2D eigenvalue weighted by Gasteiger charge is 2.30. The average Bonchev–Trinajstić information content (AvgIpc) is 2.49. The summed E-state index contributed by atoms with van der Waals surface area (Å²) in [5.74, 6) is 0. The van der Waals surface area contributed by atoms with Crippen molar-refractivity contribution in [2.24, 2.45) is 5.16 Å². The Morgan fingerprint density at radius 2 is 1.82 bits per heavy atom. The average molecular weight is 319 g/mol. The number of aliphatic hydroxyl groups excluding tert-OH is 1. The summed E-state index contributed by atoms with van der Waals surface area (Å²) < 4.78 is 42.6. The molecule has 0 aromatic heterocycles. The molecular formula is C15H20F3NO3. The lowest BCUT2D eigenvalue weighted by Crippen LogP contribution is -2.08. The van der Waals surface area contributed by atoms with Crippen LogP contribution in [0.4, 0.5) is 13.2 Å². The lowest BCUT2D eigenvalue weighted by atomic mass is 10.0. The minimum atomic E-state index is -4.36. The molecule has 0 amide bonds. The molecule has 0 unspecified atom stereocenters.